The number of benzene rings is 1. The first-order chi connectivity index (χ1) is 7.32. The van der Waals surface area contributed by atoms with Crippen LogP contribution in [0.2, 0.25) is 0 Å². The lowest BCUT2D eigenvalue weighted by atomic mass is 9.96. The summed E-state index contributed by atoms with van der Waals surface area (Å²) >= 11 is 3.28. The third-order valence-corrected chi connectivity index (χ3v) is 3.95. The van der Waals surface area contributed by atoms with E-state index in [1.165, 1.54) is 13.2 Å². The van der Waals surface area contributed by atoms with Crippen molar-refractivity contribution < 1.29 is 9.13 Å². The van der Waals surface area contributed by atoms with Gasteiger partial charge in [0, 0.05) is 10.0 Å². The molecule has 0 amide bonds. The van der Waals surface area contributed by atoms with Gasteiger partial charge in [-0.15, -0.1) is 0 Å². The Kier molecular flexibility index (Phi) is 2.55. The highest BCUT2D eigenvalue weighted by atomic mass is 79.9. The molecule has 1 atom stereocenters. The van der Waals surface area contributed by atoms with Gasteiger partial charge < -0.3 is 10.5 Å². The third-order valence-electron chi connectivity index (χ3n) is 3.50. The average Bonchev–Trinajstić information content (AvgIpc) is 2.66. The summed E-state index contributed by atoms with van der Waals surface area (Å²) in [7, 11) is 1.47. The molecule has 88 valence electrons. The van der Waals surface area contributed by atoms with Gasteiger partial charge in [-0.05, 0) is 24.0 Å². The van der Waals surface area contributed by atoms with E-state index in [4.69, 9.17) is 10.5 Å². The molecule has 0 aliphatic heterocycles. The van der Waals surface area contributed by atoms with Crippen molar-refractivity contribution in [2.75, 3.05) is 7.11 Å². The molecule has 1 unspecified atom stereocenters. The summed E-state index contributed by atoms with van der Waals surface area (Å²) in [6.07, 6.45) is 0.840. The summed E-state index contributed by atoms with van der Waals surface area (Å²) in [5.41, 5.74) is 6.55. The topological polar surface area (TPSA) is 35.2 Å². The Hall–Kier alpha value is -0.610. The van der Waals surface area contributed by atoms with Gasteiger partial charge in [0.25, 0.3) is 0 Å². The summed E-state index contributed by atoms with van der Waals surface area (Å²) in [4.78, 5) is 0. The van der Waals surface area contributed by atoms with Crippen molar-refractivity contribution >= 4 is 15.9 Å². The van der Waals surface area contributed by atoms with E-state index < -0.39 is 5.54 Å². The van der Waals surface area contributed by atoms with E-state index in [1.807, 2.05) is 6.07 Å². The molecule has 1 saturated carbocycles. The van der Waals surface area contributed by atoms with E-state index in [1.54, 1.807) is 0 Å². The molecular formula is C12H15BrFNO. The maximum Gasteiger partial charge on any atom is 0.166 e. The predicted octanol–water partition coefficient (Wildman–Crippen LogP) is 3.18. The average molecular weight is 288 g/mol. The van der Waals surface area contributed by atoms with Crippen LogP contribution in [0.25, 0.3) is 0 Å². The van der Waals surface area contributed by atoms with Crippen molar-refractivity contribution in [2.45, 2.75) is 25.8 Å². The Morgan fingerprint density at radius 3 is 2.44 bits per heavy atom. The van der Waals surface area contributed by atoms with Gasteiger partial charge in [0.15, 0.2) is 11.6 Å². The Bertz CT molecular complexity index is 447. The molecule has 1 aliphatic rings. The number of hydrogen-bond acceptors (Lipinski definition) is 2. The van der Waals surface area contributed by atoms with E-state index >= 15 is 0 Å². The van der Waals surface area contributed by atoms with Gasteiger partial charge >= 0.3 is 0 Å². The molecule has 0 saturated heterocycles. The molecule has 1 fully saturated rings. The minimum Gasteiger partial charge on any atom is -0.493 e. The van der Waals surface area contributed by atoms with Crippen molar-refractivity contribution in [2.24, 2.45) is 11.1 Å². The zero-order chi connectivity index (χ0) is 12.1. The van der Waals surface area contributed by atoms with Crippen LogP contribution in [-0.4, -0.2) is 7.11 Å². The summed E-state index contributed by atoms with van der Waals surface area (Å²) in [6.45, 7) is 4.15. The first kappa shape index (κ1) is 11.9. The molecule has 16 heavy (non-hydrogen) atoms. The molecule has 0 aromatic heterocycles. The quantitative estimate of drug-likeness (QED) is 0.907. The van der Waals surface area contributed by atoms with E-state index in [0.717, 1.165) is 12.0 Å². The Morgan fingerprint density at radius 2 is 2.00 bits per heavy atom. The van der Waals surface area contributed by atoms with Crippen molar-refractivity contribution in [3.63, 3.8) is 0 Å². The fourth-order valence-electron chi connectivity index (χ4n) is 2.21. The number of hydrogen-bond donors (Lipinski definition) is 1. The highest BCUT2D eigenvalue weighted by Crippen LogP contribution is 2.62. The third kappa shape index (κ3) is 1.55. The molecule has 1 aromatic carbocycles. The maximum atomic E-state index is 13.7. The Labute approximate surface area is 103 Å². The number of methoxy groups -OCH3 is 1. The SMILES string of the molecule is COc1c(F)cc(Br)cc1C1(N)CC1(C)C. The minimum absolute atomic E-state index is 0.00644. The monoisotopic (exact) mass is 287 g/mol. The standard InChI is InChI=1S/C12H15BrFNO/c1-11(2)6-12(11,15)8-4-7(13)5-9(14)10(8)16-3/h4-5H,6,15H2,1-3H3. The van der Waals surface area contributed by atoms with E-state index in [2.05, 4.69) is 29.8 Å². The molecule has 2 nitrogen and oxygen atoms in total. The molecule has 0 radical (unpaired) electrons. The van der Waals surface area contributed by atoms with Crippen molar-refractivity contribution in [1.29, 1.82) is 0 Å². The maximum absolute atomic E-state index is 13.7. The van der Waals surface area contributed by atoms with Gasteiger partial charge in [-0.25, -0.2) is 4.39 Å². The second-order valence-corrected chi connectivity index (χ2v) is 5.92. The van der Waals surface area contributed by atoms with Crippen molar-refractivity contribution in [3.8, 4) is 5.75 Å². The summed E-state index contributed by atoms with van der Waals surface area (Å²) in [6, 6.07) is 3.23. The largest absolute Gasteiger partial charge is 0.493 e. The summed E-state index contributed by atoms with van der Waals surface area (Å²) < 4.78 is 19.5. The first-order valence-corrected chi connectivity index (χ1v) is 5.93. The van der Waals surface area contributed by atoms with Crippen LogP contribution in [-0.2, 0) is 5.54 Å². The Balaban J connectivity index is 2.57. The Morgan fingerprint density at radius 1 is 1.44 bits per heavy atom. The van der Waals surface area contributed by atoms with E-state index in [-0.39, 0.29) is 17.0 Å². The fraction of sp³-hybridized carbons (Fsp3) is 0.500. The molecule has 0 heterocycles. The van der Waals surface area contributed by atoms with Crippen LogP contribution in [0.5, 0.6) is 5.75 Å². The molecule has 1 aliphatic carbocycles. The molecule has 2 rings (SSSR count). The fourth-order valence-corrected chi connectivity index (χ4v) is 2.64. The lowest BCUT2D eigenvalue weighted by Gasteiger charge is -2.19. The normalized spacial score (nSPS) is 26.6. The molecule has 1 aromatic rings. The zero-order valence-electron chi connectivity index (χ0n) is 9.60. The lowest BCUT2D eigenvalue weighted by Crippen LogP contribution is -2.26. The number of ether oxygens (including phenoxy) is 1. The number of rotatable bonds is 2. The second kappa shape index (κ2) is 3.44. The van der Waals surface area contributed by atoms with E-state index in [9.17, 15) is 4.39 Å². The highest BCUT2D eigenvalue weighted by molar-refractivity contribution is 9.10. The van der Waals surface area contributed by atoms with Crippen LogP contribution in [0.4, 0.5) is 4.39 Å². The molecule has 4 heteroatoms. The smallest absolute Gasteiger partial charge is 0.166 e. The minimum atomic E-state index is -0.483. The van der Waals surface area contributed by atoms with Crippen molar-refractivity contribution in [1.82, 2.24) is 0 Å². The van der Waals surface area contributed by atoms with Crippen molar-refractivity contribution in [3.05, 3.63) is 28.0 Å². The number of nitrogens with two attached hydrogens (primary N) is 1. The van der Waals surface area contributed by atoms with Gasteiger partial charge in [-0.2, -0.15) is 0 Å². The molecular weight excluding hydrogens is 273 g/mol. The lowest BCUT2D eigenvalue weighted by molar-refractivity contribution is 0.369. The summed E-state index contributed by atoms with van der Waals surface area (Å²) in [5.74, 6) is -0.115. The molecule has 2 N–H and O–H groups in total. The second-order valence-electron chi connectivity index (χ2n) is 5.00. The highest BCUT2D eigenvalue weighted by Gasteiger charge is 2.60. The molecule has 0 spiro atoms. The molecule has 0 bridgehead atoms. The number of halogens is 2. The first-order valence-electron chi connectivity index (χ1n) is 5.14. The predicted molar refractivity (Wildman–Crippen MR) is 64.9 cm³/mol. The van der Waals surface area contributed by atoms with Crippen LogP contribution in [0.3, 0.4) is 0 Å². The summed E-state index contributed by atoms with van der Waals surface area (Å²) in [5, 5.41) is 0. The zero-order valence-corrected chi connectivity index (χ0v) is 11.2. The van der Waals surface area contributed by atoms with Crippen LogP contribution < -0.4 is 10.5 Å². The van der Waals surface area contributed by atoms with E-state index in [0.29, 0.717) is 4.47 Å². The van der Waals surface area contributed by atoms with Gasteiger partial charge in [0.05, 0.1) is 12.6 Å². The van der Waals surface area contributed by atoms with Crippen LogP contribution in [0, 0.1) is 11.2 Å². The van der Waals surface area contributed by atoms with Crippen LogP contribution in [0.1, 0.15) is 25.8 Å². The van der Waals surface area contributed by atoms with Gasteiger partial charge in [0.1, 0.15) is 0 Å². The van der Waals surface area contributed by atoms with Crippen LogP contribution >= 0.6 is 15.9 Å². The van der Waals surface area contributed by atoms with Gasteiger partial charge in [-0.1, -0.05) is 29.8 Å². The van der Waals surface area contributed by atoms with Gasteiger partial charge in [-0.3, -0.25) is 0 Å². The van der Waals surface area contributed by atoms with Crippen LogP contribution in [0.15, 0.2) is 16.6 Å². The van der Waals surface area contributed by atoms with Gasteiger partial charge in [0.2, 0.25) is 0 Å².